The van der Waals surface area contributed by atoms with Gasteiger partial charge in [0.1, 0.15) is 15.8 Å². The van der Waals surface area contributed by atoms with Gasteiger partial charge in [0, 0.05) is 32.1 Å². The number of amides is 1. The fraction of sp³-hybridized carbons (Fsp3) is 0.172. The summed E-state index contributed by atoms with van der Waals surface area (Å²) in [7, 11) is 0. The molecule has 12 rings (SSSR count). The summed E-state index contributed by atoms with van der Waals surface area (Å²) in [5, 5.41) is 5.73. The van der Waals surface area contributed by atoms with Crippen LogP contribution in [-0.2, 0) is 4.79 Å². The molecule has 0 bridgehead atoms. The number of aryl methyl sites for hydroxylation is 4. The summed E-state index contributed by atoms with van der Waals surface area (Å²) in [4.78, 5) is 44.2. The third-order valence-electron chi connectivity index (χ3n) is 13.7. The van der Waals surface area contributed by atoms with Crippen LogP contribution in [0.4, 0.5) is 40.3 Å². The molecule has 7 N–H and O–H groups in total. The molecule has 0 aliphatic carbocycles. The van der Waals surface area contributed by atoms with Crippen LogP contribution >= 0.6 is 67.9 Å². The number of nitrogens with two attached hydrogens (primary N) is 3. The molecule has 430 valence electrons. The van der Waals surface area contributed by atoms with Gasteiger partial charge in [-0.3, -0.25) is 0 Å². The first-order valence-electron chi connectivity index (χ1n) is 26.6. The number of carbonyl (C=O) groups excluding carboxylic acids is 1. The number of benzene rings is 8. The van der Waals surface area contributed by atoms with Crippen molar-refractivity contribution in [3.63, 3.8) is 0 Å². The van der Waals surface area contributed by atoms with E-state index in [0.29, 0.717) is 11.1 Å². The number of fused-ring (bicyclic) bond motifs is 4. The summed E-state index contributed by atoms with van der Waals surface area (Å²) >= 11 is 4.68. The van der Waals surface area contributed by atoms with Crippen molar-refractivity contribution in [3.05, 3.63) is 177 Å². The third kappa shape index (κ3) is 15.2. The number of hydrogen-bond donors (Lipinski definition) is 4. The minimum Gasteiger partial charge on any atom is -0.399 e. The fourth-order valence-corrected chi connectivity index (χ4v) is 19.5. The predicted octanol–water partition coefficient (Wildman–Crippen LogP) is 18.2. The summed E-state index contributed by atoms with van der Waals surface area (Å²) in [6.45, 7) is 7.69. The van der Waals surface area contributed by atoms with Gasteiger partial charge in [-0.25, -0.2) is 14.4 Å². The molecule has 4 aromatic heterocycles. The van der Waals surface area contributed by atoms with Gasteiger partial charge in [-0.15, -0.1) is 22.7 Å². The number of halogens is 5. The van der Waals surface area contributed by atoms with Gasteiger partial charge in [0.15, 0.2) is 0 Å². The van der Waals surface area contributed by atoms with Crippen molar-refractivity contribution in [2.24, 2.45) is 0 Å². The Labute approximate surface area is 523 Å². The number of nitrogen functional groups attached to an aromatic ring is 3. The Morgan fingerprint density at radius 1 is 0.452 bits per heavy atom. The van der Waals surface area contributed by atoms with E-state index in [-0.39, 0.29) is 11.5 Å². The average Bonchev–Trinajstić information content (AvgIpc) is 3.20. The zero-order valence-electron chi connectivity index (χ0n) is 47.8. The molecular weight excluding hydrogens is 1460 g/mol. The molecule has 0 aliphatic rings. The number of aromatic nitrogens is 4. The van der Waals surface area contributed by atoms with E-state index < -0.39 is 48.8 Å². The zero-order chi connectivity index (χ0) is 60.6. The number of anilines is 4. The van der Waals surface area contributed by atoms with Crippen molar-refractivity contribution in [3.8, 4) is 42.3 Å². The predicted molar refractivity (Wildman–Crippen MR) is 366 cm³/mol. The molecule has 20 heteroatoms. The van der Waals surface area contributed by atoms with Gasteiger partial charge < -0.3 is 11.5 Å². The second kappa shape index (κ2) is 25.7. The van der Waals surface area contributed by atoms with Crippen molar-refractivity contribution >= 4 is 181 Å². The fourth-order valence-electron chi connectivity index (χ4n) is 8.64. The Balaban J connectivity index is 0.000000136. The van der Waals surface area contributed by atoms with E-state index in [1.807, 2.05) is 62.5 Å². The Bertz CT molecular complexity index is 4300. The average molecular weight is 1530 g/mol. The van der Waals surface area contributed by atoms with Crippen LogP contribution in [0.5, 0.6) is 0 Å². The molecule has 12 aromatic rings. The summed E-state index contributed by atoms with van der Waals surface area (Å²) in [5.74, 6) is -2.23. The SMILES string of the molecule is Cc1cc(-c2nc3c[c]([Sn]([CH3])([CH3])[CH3])ccc3s2)ccc1N.Cc1cc(-c2nc3c[c]([Sn]([CH3])([CH3])[CH3])ccc3s2)ccc1NC(=O)C(F)(F)F.Cc1cc(-c2nc3cc(I)ccc3s2)ccc1N.Cc1cc(-c2nc3cc([18F])ccc3s2)ccc1N. The van der Waals surface area contributed by atoms with Gasteiger partial charge in [0.25, 0.3) is 0 Å². The Hall–Kier alpha value is -5.76. The van der Waals surface area contributed by atoms with Crippen LogP contribution < -0.4 is 29.7 Å². The molecule has 1 amide bonds. The summed E-state index contributed by atoms with van der Waals surface area (Å²) in [6.07, 6.45) is -4.91. The Morgan fingerprint density at radius 3 is 1.14 bits per heavy atom. The number of nitrogens with one attached hydrogen (secondary N) is 1. The number of carbonyl (C=O) groups is 1. The molecule has 4 heterocycles. The van der Waals surface area contributed by atoms with Crippen LogP contribution in [0.15, 0.2) is 146 Å². The molecule has 0 fully saturated rings. The minimum absolute atomic E-state index is 0.145. The number of hydrogen-bond acceptors (Lipinski definition) is 12. The molecule has 0 atom stereocenters. The van der Waals surface area contributed by atoms with Gasteiger partial charge in [0.05, 0.1) is 20.4 Å². The number of alkyl halides is 3. The molecule has 0 saturated carbocycles. The van der Waals surface area contributed by atoms with E-state index in [9.17, 15) is 22.4 Å². The van der Waals surface area contributed by atoms with E-state index in [1.165, 1.54) is 38.3 Å². The first-order valence-corrected chi connectivity index (χ1v) is 50.9. The molecule has 0 unspecified atom stereocenters. The van der Waals surface area contributed by atoms with Gasteiger partial charge in [-0.1, -0.05) is 0 Å². The Morgan fingerprint density at radius 2 is 0.786 bits per heavy atom. The van der Waals surface area contributed by atoms with Crippen LogP contribution in [0.25, 0.3) is 83.2 Å². The number of rotatable bonds is 7. The molecular formula is C64H61F4IN8OS4Sn2. The quantitative estimate of drug-likeness (QED) is 0.0531. The summed E-state index contributed by atoms with van der Waals surface area (Å²) < 4.78 is 59.1. The second-order valence-corrected chi connectivity index (χ2v) is 56.7. The molecule has 9 nitrogen and oxygen atoms in total. The van der Waals surface area contributed by atoms with Crippen LogP contribution in [0.2, 0.25) is 29.6 Å². The second-order valence-electron chi connectivity index (χ2n) is 22.4. The van der Waals surface area contributed by atoms with Gasteiger partial charge in [0.2, 0.25) is 0 Å². The van der Waals surface area contributed by atoms with Crippen molar-refractivity contribution in [2.75, 3.05) is 22.5 Å². The monoisotopic (exact) mass is 1530 g/mol. The van der Waals surface area contributed by atoms with E-state index in [4.69, 9.17) is 27.2 Å². The van der Waals surface area contributed by atoms with Gasteiger partial charge in [-0.05, 0) is 114 Å². The molecule has 8 aromatic carbocycles. The Kier molecular flexibility index (Phi) is 19.2. The molecule has 84 heavy (non-hydrogen) atoms. The minimum atomic E-state index is -4.91. The smallest absolute Gasteiger partial charge is 0.399 e. The van der Waals surface area contributed by atoms with Gasteiger partial charge >= 0.3 is 285 Å². The normalized spacial score (nSPS) is 11.7. The third-order valence-corrected chi connectivity index (χ3v) is 30.4. The number of thiazole rings is 4. The first-order chi connectivity index (χ1) is 39.6. The van der Waals surface area contributed by atoms with Crippen LogP contribution in [-0.4, -0.2) is 68.8 Å². The van der Waals surface area contributed by atoms with Crippen LogP contribution in [0.1, 0.15) is 22.3 Å². The van der Waals surface area contributed by atoms with E-state index in [1.54, 1.807) is 70.5 Å². The molecule has 0 radical (unpaired) electrons. The molecule has 0 spiro atoms. The van der Waals surface area contributed by atoms with Crippen LogP contribution in [0.3, 0.4) is 0 Å². The van der Waals surface area contributed by atoms with Gasteiger partial charge in [-0.2, -0.15) is 13.2 Å². The number of nitrogens with zero attached hydrogens (tertiary/aromatic N) is 4. The van der Waals surface area contributed by atoms with Crippen molar-refractivity contribution < 1.29 is 22.4 Å². The maximum atomic E-state index is 13.1. The van der Waals surface area contributed by atoms with Crippen molar-refractivity contribution in [1.29, 1.82) is 0 Å². The summed E-state index contributed by atoms with van der Waals surface area (Å²) in [5.41, 5.74) is 31.9. The zero-order valence-corrected chi connectivity index (χ0v) is 58.9. The molecule has 0 aliphatic heterocycles. The van der Waals surface area contributed by atoms with E-state index in [0.717, 1.165) is 102 Å². The van der Waals surface area contributed by atoms with Crippen molar-refractivity contribution in [2.45, 2.75) is 63.5 Å². The molecule has 0 saturated heterocycles. The maximum absolute atomic E-state index is 13.1. The summed E-state index contributed by atoms with van der Waals surface area (Å²) in [6, 6.07) is 47.2. The van der Waals surface area contributed by atoms with E-state index in [2.05, 4.69) is 135 Å². The van der Waals surface area contributed by atoms with E-state index >= 15 is 0 Å². The first kappa shape index (κ1) is 62.8. The standard InChI is InChI=1S/C16H10F3N2OS.C14H11FN2S.C14H11IN2S.C14H11N2S.6CH3.2Sn/c1-9-8-10(6-7-11(9)21-15(22)16(17,18)19)14-20-12-4-2-3-5-13(12)23-14;2*1-8-6-9(2-4-11(8)16)14-17-12-7-10(15)3-5-13(12)18-14;1-9-8-10(6-7-11(9)15)14-16-12-4-2-3-5-13(12)17-14;;;;;;;;/h3-8H,1H3,(H,21,22);2*2-7H,16H2,1H3;3-8H,15H2,1H3;6*1H3;;/i;15-1;;;;;;;;;;. The topological polar surface area (TPSA) is 159 Å². The van der Waals surface area contributed by atoms with Crippen LogP contribution in [0, 0.1) is 37.1 Å². The van der Waals surface area contributed by atoms with Crippen molar-refractivity contribution in [1.82, 2.24) is 19.9 Å².